The van der Waals surface area contributed by atoms with Crippen LogP contribution in [0.5, 0.6) is 0 Å². The molecule has 0 aliphatic carbocycles. The number of aryl methyl sites for hydroxylation is 1. The van der Waals surface area contributed by atoms with Gasteiger partial charge >= 0.3 is 0 Å². The SMILES string of the molecule is CC1=N[N+](Cc2c(Cc3ccccc3)cc(C)[nH]c2=O)(C(C)C)C=C1. The van der Waals surface area contributed by atoms with E-state index in [1.807, 2.05) is 38.1 Å². The van der Waals surface area contributed by atoms with E-state index < -0.39 is 0 Å². The molecule has 2 heterocycles. The number of hydrogen-bond acceptors (Lipinski definition) is 2. The molecule has 130 valence electrons. The average Bonchev–Trinajstić information content (AvgIpc) is 2.94. The summed E-state index contributed by atoms with van der Waals surface area (Å²) < 4.78 is 0.444. The van der Waals surface area contributed by atoms with Gasteiger partial charge in [0.25, 0.3) is 5.56 Å². The first-order valence-corrected chi connectivity index (χ1v) is 8.79. The van der Waals surface area contributed by atoms with Crippen molar-refractivity contribution < 1.29 is 4.59 Å². The fourth-order valence-corrected chi connectivity index (χ4v) is 3.34. The average molecular weight is 336 g/mol. The largest absolute Gasteiger partial charge is 0.326 e. The van der Waals surface area contributed by atoms with Crippen molar-refractivity contribution in [3.05, 3.63) is 81.4 Å². The van der Waals surface area contributed by atoms with Gasteiger partial charge in [-0.2, -0.15) is 4.59 Å². The number of hydrogen-bond donors (Lipinski definition) is 1. The van der Waals surface area contributed by atoms with Crippen LogP contribution in [-0.2, 0) is 13.0 Å². The normalized spacial score (nSPS) is 19.5. The lowest BCUT2D eigenvalue weighted by atomic mass is 9.99. The van der Waals surface area contributed by atoms with Crippen LogP contribution in [0.1, 0.15) is 43.2 Å². The van der Waals surface area contributed by atoms with E-state index in [9.17, 15) is 4.79 Å². The van der Waals surface area contributed by atoms with Crippen LogP contribution in [0.15, 0.2) is 58.6 Å². The van der Waals surface area contributed by atoms with E-state index in [2.05, 4.69) is 43.2 Å². The zero-order chi connectivity index (χ0) is 18.0. The Balaban J connectivity index is 2.04. The Morgan fingerprint density at radius 2 is 1.88 bits per heavy atom. The van der Waals surface area contributed by atoms with E-state index in [4.69, 9.17) is 5.10 Å². The lowest BCUT2D eigenvalue weighted by Gasteiger charge is -2.30. The van der Waals surface area contributed by atoms with Gasteiger partial charge in [-0.15, -0.1) is 0 Å². The summed E-state index contributed by atoms with van der Waals surface area (Å²) in [7, 11) is 0. The van der Waals surface area contributed by atoms with Gasteiger partial charge in [0.15, 0.2) is 0 Å². The van der Waals surface area contributed by atoms with Gasteiger partial charge in [-0.3, -0.25) is 4.79 Å². The summed E-state index contributed by atoms with van der Waals surface area (Å²) in [5.74, 6) is 0. The number of aromatic amines is 1. The molecule has 0 saturated carbocycles. The summed E-state index contributed by atoms with van der Waals surface area (Å²) in [5, 5.41) is 4.82. The highest BCUT2D eigenvalue weighted by atomic mass is 16.1. The van der Waals surface area contributed by atoms with E-state index in [1.54, 1.807) is 0 Å². The minimum atomic E-state index is -0.00256. The fraction of sp³-hybridized carbons (Fsp3) is 0.333. The standard InChI is InChI=1S/C21H25N3O/c1-15(2)24(11-10-16(3)23-24)14-20-19(12-17(4)22-21(20)25)13-18-8-6-5-7-9-18/h5-12,15H,13-14H2,1-4H3/p+1. The van der Waals surface area contributed by atoms with Crippen molar-refractivity contribution >= 4 is 5.71 Å². The van der Waals surface area contributed by atoms with Gasteiger partial charge in [0.1, 0.15) is 18.8 Å². The van der Waals surface area contributed by atoms with Gasteiger partial charge in [0, 0.05) is 11.8 Å². The molecule has 1 atom stereocenters. The Morgan fingerprint density at radius 3 is 2.48 bits per heavy atom. The minimum absolute atomic E-state index is 0.00256. The Hall–Kier alpha value is -2.46. The Morgan fingerprint density at radius 1 is 1.16 bits per heavy atom. The first-order valence-electron chi connectivity index (χ1n) is 8.79. The maximum absolute atomic E-state index is 12.7. The van der Waals surface area contributed by atoms with Crippen LogP contribution in [0.3, 0.4) is 0 Å². The van der Waals surface area contributed by atoms with Crippen LogP contribution < -0.4 is 5.56 Å². The van der Waals surface area contributed by atoms with Gasteiger partial charge < -0.3 is 4.98 Å². The molecule has 0 spiro atoms. The van der Waals surface area contributed by atoms with Crippen LogP contribution in [-0.4, -0.2) is 21.3 Å². The van der Waals surface area contributed by atoms with Crippen molar-refractivity contribution in [1.29, 1.82) is 0 Å². The predicted molar refractivity (Wildman–Crippen MR) is 102 cm³/mol. The first kappa shape index (κ1) is 17.4. The fourth-order valence-electron chi connectivity index (χ4n) is 3.34. The number of pyridine rings is 1. The molecule has 4 heteroatoms. The van der Waals surface area contributed by atoms with E-state index in [0.717, 1.165) is 29.0 Å². The maximum atomic E-state index is 12.7. The van der Waals surface area contributed by atoms with Crippen molar-refractivity contribution in [2.24, 2.45) is 5.10 Å². The molecular formula is C21H26N3O+. The van der Waals surface area contributed by atoms with E-state index >= 15 is 0 Å². The minimum Gasteiger partial charge on any atom is -0.326 e. The Kier molecular flexibility index (Phi) is 4.73. The van der Waals surface area contributed by atoms with E-state index in [-0.39, 0.29) is 11.6 Å². The zero-order valence-electron chi connectivity index (χ0n) is 15.4. The number of allylic oxidation sites excluding steroid dienone is 1. The monoisotopic (exact) mass is 336 g/mol. The third-order valence-electron chi connectivity index (χ3n) is 4.82. The smallest absolute Gasteiger partial charge is 0.257 e. The third-order valence-corrected chi connectivity index (χ3v) is 4.82. The number of rotatable bonds is 5. The second-order valence-corrected chi connectivity index (χ2v) is 7.14. The lowest BCUT2D eigenvalue weighted by molar-refractivity contribution is -0.918. The van der Waals surface area contributed by atoms with Crippen molar-refractivity contribution in [3.8, 4) is 0 Å². The molecule has 1 aromatic carbocycles. The summed E-state index contributed by atoms with van der Waals surface area (Å²) in [6.07, 6.45) is 4.90. The summed E-state index contributed by atoms with van der Waals surface area (Å²) in [4.78, 5) is 15.7. The number of aromatic nitrogens is 1. The van der Waals surface area contributed by atoms with Crippen molar-refractivity contribution in [1.82, 2.24) is 4.98 Å². The molecule has 0 amide bonds. The summed E-state index contributed by atoms with van der Waals surface area (Å²) >= 11 is 0. The molecule has 1 aliphatic rings. The zero-order valence-corrected chi connectivity index (χ0v) is 15.4. The number of H-pyrrole nitrogens is 1. The molecule has 0 bridgehead atoms. The molecule has 1 unspecified atom stereocenters. The highest BCUT2D eigenvalue weighted by Gasteiger charge is 2.35. The van der Waals surface area contributed by atoms with Crippen LogP contribution >= 0.6 is 0 Å². The van der Waals surface area contributed by atoms with Gasteiger partial charge in [-0.05, 0) is 51.3 Å². The Labute approximate surface area is 149 Å². The lowest BCUT2D eigenvalue weighted by Crippen LogP contribution is -2.43. The molecule has 1 aliphatic heterocycles. The van der Waals surface area contributed by atoms with Crippen molar-refractivity contribution in [2.45, 2.75) is 46.7 Å². The highest BCUT2D eigenvalue weighted by molar-refractivity contribution is 5.92. The predicted octanol–water partition coefficient (Wildman–Crippen LogP) is 3.90. The molecule has 1 aromatic heterocycles. The topological polar surface area (TPSA) is 45.2 Å². The molecule has 0 saturated heterocycles. The summed E-state index contributed by atoms with van der Waals surface area (Å²) in [6.45, 7) is 8.80. The number of nitrogens with zero attached hydrogens (tertiary/aromatic N) is 2. The Bertz CT molecular complexity index is 878. The third kappa shape index (κ3) is 3.64. The van der Waals surface area contributed by atoms with Crippen molar-refractivity contribution in [2.75, 3.05) is 0 Å². The number of quaternary nitrogens is 1. The number of nitrogens with one attached hydrogen (secondary N) is 1. The van der Waals surface area contributed by atoms with Crippen LogP contribution in [0.2, 0.25) is 0 Å². The number of benzene rings is 1. The second kappa shape index (κ2) is 6.81. The quantitative estimate of drug-likeness (QED) is 0.827. The molecule has 25 heavy (non-hydrogen) atoms. The first-order chi connectivity index (χ1) is 11.9. The molecule has 0 radical (unpaired) electrons. The highest BCUT2D eigenvalue weighted by Crippen LogP contribution is 2.26. The molecule has 1 N–H and O–H groups in total. The molecule has 4 nitrogen and oxygen atoms in total. The summed E-state index contributed by atoms with van der Waals surface area (Å²) in [6, 6.07) is 12.6. The van der Waals surface area contributed by atoms with Gasteiger partial charge in [0.05, 0.1) is 11.3 Å². The van der Waals surface area contributed by atoms with Gasteiger partial charge in [-0.1, -0.05) is 35.4 Å². The van der Waals surface area contributed by atoms with Crippen LogP contribution in [0.25, 0.3) is 0 Å². The maximum Gasteiger partial charge on any atom is 0.257 e. The van der Waals surface area contributed by atoms with Gasteiger partial charge in [0.2, 0.25) is 0 Å². The van der Waals surface area contributed by atoms with E-state index in [0.29, 0.717) is 11.1 Å². The van der Waals surface area contributed by atoms with E-state index in [1.165, 1.54) is 5.56 Å². The van der Waals surface area contributed by atoms with Gasteiger partial charge in [-0.25, -0.2) is 0 Å². The summed E-state index contributed by atoms with van der Waals surface area (Å²) in [5.41, 5.74) is 5.01. The second-order valence-electron chi connectivity index (χ2n) is 7.14. The molecule has 2 aromatic rings. The van der Waals surface area contributed by atoms with Crippen molar-refractivity contribution in [3.63, 3.8) is 0 Å². The van der Waals surface area contributed by atoms with Crippen LogP contribution in [0.4, 0.5) is 0 Å². The molecule has 3 rings (SSSR count). The molecule has 0 fully saturated rings. The van der Waals surface area contributed by atoms with Crippen LogP contribution in [0, 0.1) is 6.92 Å². The molecular weight excluding hydrogens is 310 g/mol.